The molecule has 5 heteroatoms. The Morgan fingerprint density at radius 1 is 1.18 bits per heavy atom. The van der Waals surface area contributed by atoms with E-state index in [1.54, 1.807) is 0 Å². The van der Waals surface area contributed by atoms with E-state index in [-0.39, 0.29) is 5.41 Å². The highest BCUT2D eigenvalue weighted by Gasteiger charge is 2.44. The molecule has 1 aliphatic heterocycles. The van der Waals surface area contributed by atoms with Crippen LogP contribution in [0.2, 0.25) is 0 Å². The van der Waals surface area contributed by atoms with Crippen molar-refractivity contribution in [1.29, 1.82) is 0 Å². The summed E-state index contributed by atoms with van der Waals surface area (Å²) in [4.78, 5) is 11.9. The number of carbonyl (C=O) groups is 1. The standard InChI is InChI=1S/C17H21BrO4/c1-16(2)9-21-13-8-11(7-12(18)14(13)22-10-16)17(15(19)20)5-3-4-6-17/h7-8H,3-6,9-10H2,1-2H3,(H,19,20). The zero-order chi connectivity index (χ0) is 16.0. The van der Waals surface area contributed by atoms with E-state index in [0.717, 1.165) is 22.9 Å². The average Bonchev–Trinajstić information content (AvgIpc) is 2.89. The number of carboxylic acid groups (broad SMARTS) is 1. The topological polar surface area (TPSA) is 55.8 Å². The monoisotopic (exact) mass is 368 g/mol. The molecule has 1 aliphatic carbocycles. The lowest BCUT2D eigenvalue weighted by Crippen LogP contribution is -2.32. The van der Waals surface area contributed by atoms with Crippen molar-refractivity contribution in [3.05, 3.63) is 22.2 Å². The molecule has 0 aromatic heterocycles. The molecular weight excluding hydrogens is 348 g/mol. The van der Waals surface area contributed by atoms with Crippen LogP contribution in [0.4, 0.5) is 0 Å². The van der Waals surface area contributed by atoms with Gasteiger partial charge in [-0.2, -0.15) is 0 Å². The molecule has 4 nitrogen and oxygen atoms in total. The maximum absolute atomic E-state index is 11.9. The number of fused-ring (bicyclic) bond motifs is 1. The average molecular weight is 369 g/mol. The van der Waals surface area contributed by atoms with Crippen LogP contribution in [0.3, 0.4) is 0 Å². The van der Waals surface area contributed by atoms with Gasteiger partial charge in [0.25, 0.3) is 0 Å². The van der Waals surface area contributed by atoms with Crippen molar-refractivity contribution < 1.29 is 19.4 Å². The number of benzene rings is 1. The molecule has 0 unspecified atom stereocenters. The molecule has 0 amide bonds. The molecule has 120 valence electrons. The Hall–Kier alpha value is -1.23. The van der Waals surface area contributed by atoms with Crippen LogP contribution < -0.4 is 9.47 Å². The van der Waals surface area contributed by atoms with Gasteiger partial charge in [-0.15, -0.1) is 0 Å². The number of hydrogen-bond acceptors (Lipinski definition) is 3. The molecule has 0 bridgehead atoms. The fourth-order valence-corrected chi connectivity index (χ4v) is 3.84. The first-order valence-electron chi connectivity index (χ1n) is 7.67. The summed E-state index contributed by atoms with van der Waals surface area (Å²) in [6.07, 6.45) is 3.26. The van der Waals surface area contributed by atoms with E-state index in [9.17, 15) is 9.90 Å². The molecule has 2 aliphatic rings. The lowest BCUT2D eigenvalue weighted by Gasteiger charge is -2.25. The van der Waals surface area contributed by atoms with Gasteiger partial charge in [-0.25, -0.2) is 0 Å². The highest BCUT2D eigenvalue weighted by Crippen LogP contribution is 2.47. The first kappa shape index (κ1) is 15.7. The zero-order valence-electron chi connectivity index (χ0n) is 12.9. The lowest BCUT2D eigenvalue weighted by atomic mass is 9.79. The molecule has 1 saturated carbocycles. The first-order chi connectivity index (χ1) is 10.3. The molecule has 0 atom stereocenters. The summed E-state index contributed by atoms with van der Waals surface area (Å²) in [5.41, 5.74) is -0.0504. The quantitative estimate of drug-likeness (QED) is 0.851. The predicted molar refractivity (Wildman–Crippen MR) is 86.7 cm³/mol. The van der Waals surface area contributed by atoms with Gasteiger partial charge in [0.05, 0.1) is 23.1 Å². The van der Waals surface area contributed by atoms with Crippen molar-refractivity contribution >= 4 is 21.9 Å². The Balaban J connectivity index is 2.04. The van der Waals surface area contributed by atoms with Crippen molar-refractivity contribution in [2.45, 2.75) is 44.9 Å². The molecule has 1 aromatic carbocycles. The van der Waals surface area contributed by atoms with Crippen LogP contribution >= 0.6 is 15.9 Å². The smallest absolute Gasteiger partial charge is 0.314 e. The second-order valence-electron chi connectivity index (χ2n) is 7.12. The second-order valence-corrected chi connectivity index (χ2v) is 7.98. The SMILES string of the molecule is CC1(C)COc2cc(C3(C(=O)O)CCCC3)cc(Br)c2OC1. The third kappa shape index (κ3) is 2.60. The van der Waals surface area contributed by atoms with Gasteiger partial charge in [0.1, 0.15) is 0 Å². The lowest BCUT2D eigenvalue weighted by molar-refractivity contribution is -0.143. The molecule has 0 spiro atoms. The normalized spacial score (nSPS) is 22.1. The summed E-state index contributed by atoms with van der Waals surface area (Å²) in [5.74, 6) is 0.571. The van der Waals surface area contributed by atoms with Crippen LogP contribution in [0.15, 0.2) is 16.6 Å². The van der Waals surface area contributed by atoms with E-state index in [0.29, 0.717) is 37.6 Å². The van der Waals surface area contributed by atoms with Crippen LogP contribution in [-0.4, -0.2) is 24.3 Å². The molecule has 1 N–H and O–H groups in total. The Labute approximate surface area is 138 Å². The Morgan fingerprint density at radius 3 is 2.45 bits per heavy atom. The molecule has 0 radical (unpaired) electrons. The molecule has 1 heterocycles. The fraction of sp³-hybridized carbons (Fsp3) is 0.588. The Morgan fingerprint density at radius 2 is 1.82 bits per heavy atom. The number of halogens is 1. The summed E-state index contributed by atoms with van der Waals surface area (Å²) >= 11 is 3.53. The highest BCUT2D eigenvalue weighted by atomic mass is 79.9. The summed E-state index contributed by atoms with van der Waals surface area (Å²) in [7, 11) is 0. The molecular formula is C17H21BrO4. The Kier molecular flexibility index (Phi) is 3.87. The number of carboxylic acids is 1. The van der Waals surface area contributed by atoms with E-state index >= 15 is 0 Å². The van der Waals surface area contributed by atoms with Crippen LogP contribution in [0.1, 0.15) is 45.1 Å². The van der Waals surface area contributed by atoms with E-state index in [1.807, 2.05) is 12.1 Å². The van der Waals surface area contributed by atoms with E-state index in [4.69, 9.17) is 9.47 Å². The summed E-state index contributed by atoms with van der Waals surface area (Å²) in [6, 6.07) is 3.75. The van der Waals surface area contributed by atoms with Gasteiger partial charge < -0.3 is 14.6 Å². The number of aliphatic carboxylic acids is 1. The number of hydrogen-bond donors (Lipinski definition) is 1. The van der Waals surface area contributed by atoms with Gasteiger partial charge in [0.15, 0.2) is 11.5 Å². The van der Waals surface area contributed by atoms with Crippen LogP contribution in [0.25, 0.3) is 0 Å². The minimum Gasteiger partial charge on any atom is -0.489 e. The summed E-state index contributed by atoms with van der Waals surface area (Å²) in [5, 5.41) is 9.76. The van der Waals surface area contributed by atoms with Gasteiger partial charge in [-0.1, -0.05) is 26.7 Å². The third-order valence-electron chi connectivity index (χ3n) is 4.65. The van der Waals surface area contributed by atoms with Crippen molar-refractivity contribution in [3.8, 4) is 11.5 Å². The maximum atomic E-state index is 11.9. The molecule has 22 heavy (non-hydrogen) atoms. The Bertz CT molecular complexity index is 603. The minimum absolute atomic E-state index is 0.0729. The number of rotatable bonds is 2. The van der Waals surface area contributed by atoms with Gasteiger partial charge in [0.2, 0.25) is 0 Å². The zero-order valence-corrected chi connectivity index (χ0v) is 14.5. The highest BCUT2D eigenvalue weighted by molar-refractivity contribution is 9.10. The molecule has 1 fully saturated rings. The van der Waals surface area contributed by atoms with Crippen molar-refractivity contribution in [2.24, 2.45) is 5.41 Å². The van der Waals surface area contributed by atoms with Crippen molar-refractivity contribution in [2.75, 3.05) is 13.2 Å². The summed E-state index contributed by atoms with van der Waals surface area (Å²) in [6.45, 7) is 5.30. The third-order valence-corrected chi connectivity index (χ3v) is 5.24. The van der Waals surface area contributed by atoms with Gasteiger partial charge in [-0.3, -0.25) is 4.79 Å². The summed E-state index contributed by atoms with van der Waals surface area (Å²) < 4.78 is 12.6. The largest absolute Gasteiger partial charge is 0.489 e. The van der Waals surface area contributed by atoms with E-state index < -0.39 is 11.4 Å². The van der Waals surface area contributed by atoms with Crippen molar-refractivity contribution in [1.82, 2.24) is 0 Å². The first-order valence-corrected chi connectivity index (χ1v) is 8.46. The molecule has 0 saturated heterocycles. The van der Waals surface area contributed by atoms with E-state index in [1.165, 1.54) is 0 Å². The number of ether oxygens (including phenoxy) is 2. The van der Waals surface area contributed by atoms with Crippen LogP contribution in [0.5, 0.6) is 11.5 Å². The van der Waals surface area contributed by atoms with Gasteiger partial charge in [0, 0.05) is 5.41 Å². The second kappa shape index (κ2) is 5.44. The van der Waals surface area contributed by atoms with Gasteiger partial charge >= 0.3 is 5.97 Å². The fourth-order valence-electron chi connectivity index (χ4n) is 3.28. The molecule has 1 aromatic rings. The maximum Gasteiger partial charge on any atom is 0.314 e. The van der Waals surface area contributed by atoms with Crippen LogP contribution in [0, 0.1) is 5.41 Å². The van der Waals surface area contributed by atoms with Crippen molar-refractivity contribution in [3.63, 3.8) is 0 Å². The predicted octanol–water partition coefficient (Wildman–Crippen LogP) is 4.14. The molecule has 3 rings (SSSR count). The minimum atomic E-state index is -0.789. The van der Waals surface area contributed by atoms with Crippen LogP contribution in [-0.2, 0) is 10.2 Å². The van der Waals surface area contributed by atoms with Gasteiger partial charge in [-0.05, 0) is 46.5 Å². The van der Waals surface area contributed by atoms with E-state index in [2.05, 4.69) is 29.8 Å².